The molecule has 1 aromatic carbocycles. The maximum absolute atomic E-state index is 11.7. The molecule has 0 spiro atoms. The lowest BCUT2D eigenvalue weighted by Gasteiger charge is -2.21. The topological polar surface area (TPSA) is 37.4 Å². The summed E-state index contributed by atoms with van der Waals surface area (Å²) >= 11 is 2.14. The Morgan fingerprint density at radius 1 is 1.38 bits per heavy atom. The van der Waals surface area contributed by atoms with Crippen LogP contribution in [0.3, 0.4) is 0 Å². The second-order valence-electron chi connectivity index (χ2n) is 3.31. The number of allylic oxidation sites excluding steroid dienone is 1. The second kappa shape index (κ2) is 5.67. The molecule has 0 radical (unpaired) electrons. The molecule has 0 aliphatic heterocycles. The predicted molar refractivity (Wildman–Crippen MR) is 76.2 cm³/mol. The van der Waals surface area contributed by atoms with Crippen LogP contribution in [0, 0.1) is 3.57 Å². The van der Waals surface area contributed by atoms with Gasteiger partial charge in [0, 0.05) is 3.57 Å². The fourth-order valence-corrected chi connectivity index (χ4v) is 2.98. The van der Waals surface area contributed by atoms with Crippen LogP contribution in [-0.4, -0.2) is 21.2 Å². The van der Waals surface area contributed by atoms with Gasteiger partial charge in [-0.2, -0.15) is 0 Å². The van der Waals surface area contributed by atoms with Crippen LogP contribution in [0.4, 0.5) is 5.69 Å². The van der Waals surface area contributed by atoms with E-state index in [9.17, 15) is 8.42 Å². The first-order valence-electron chi connectivity index (χ1n) is 4.80. The average Bonchev–Trinajstić information content (AvgIpc) is 2.19. The number of rotatable bonds is 4. The van der Waals surface area contributed by atoms with Crippen molar-refractivity contribution in [3.63, 3.8) is 0 Å². The van der Waals surface area contributed by atoms with Crippen molar-refractivity contribution in [3.8, 4) is 0 Å². The van der Waals surface area contributed by atoms with Gasteiger partial charge in [-0.15, -0.1) is 0 Å². The van der Waals surface area contributed by atoms with Gasteiger partial charge in [0.15, 0.2) is 0 Å². The highest BCUT2D eigenvalue weighted by Gasteiger charge is 2.17. The van der Waals surface area contributed by atoms with Crippen LogP contribution in [0.25, 0.3) is 0 Å². The van der Waals surface area contributed by atoms with Crippen molar-refractivity contribution in [2.24, 2.45) is 0 Å². The molecule has 0 fully saturated rings. The largest absolute Gasteiger partial charge is 0.266 e. The number of nitrogens with zero attached hydrogens (tertiary/aromatic N) is 1. The lowest BCUT2D eigenvalue weighted by molar-refractivity contribution is 0.598. The summed E-state index contributed by atoms with van der Waals surface area (Å²) < 4.78 is 25.7. The summed E-state index contributed by atoms with van der Waals surface area (Å²) in [7, 11) is -3.24. The third-order valence-corrected chi connectivity index (χ3v) is 4.09. The van der Waals surface area contributed by atoms with Crippen LogP contribution in [0.1, 0.15) is 6.92 Å². The van der Waals surface area contributed by atoms with Gasteiger partial charge >= 0.3 is 0 Å². The van der Waals surface area contributed by atoms with Crippen LogP contribution in [-0.2, 0) is 10.0 Å². The van der Waals surface area contributed by atoms with Crippen LogP contribution in [0.2, 0.25) is 0 Å². The summed E-state index contributed by atoms with van der Waals surface area (Å²) in [6.07, 6.45) is 4.89. The smallest absolute Gasteiger partial charge is 0.232 e. The Bertz CT molecular complexity index is 483. The Hall–Kier alpha value is -0.560. The molecule has 1 rings (SSSR count). The first kappa shape index (κ1) is 13.5. The molecule has 1 aromatic rings. The maximum Gasteiger partial charge on any atom is 0.232 e. The van der Waals surface area contributed by atoms with Crippen LogP contribution in [0.5, 0.6) is 0 Å². The van der Waals surface area contributed by atoms with Gasteiger partial charge in [-0.1, -0.05) is 24.3 Å². The molecule has 0 bridgehead atoms. The van der Waals surface area contributed by atoms with Crippen LogP contribution >= 0.6 is 22.6 Å². The fourth-order valence-electron chi connectivity index (χ4n) is 1.27. The Balaban J connectivity index is 3.17. The predicted octanol–water partition coefficient (Wildman–Crippen LogP) is 2.63. The molecule has 0 saturated heterocycles. The van der Waals surface area contributed by atoms with Gasteiger partial charge in [0.25, 0.3) is 0 Å². The lowest BCUT2D eigenvalue weighted by Crippen LogP contribution is -2.30. The summed E-state index contributed by atoms with van der Waals surface area (Å²) in [5.41, 5.74) is 0.726. The molecule has 88 valence electrons. The quantitative estimate of drug-likeness (QED) is 0.618. The molecule has 16 heavy (non-hydrogen) atoms. The summed E-state index contributed by atoms with van der Waals surface area (Å²) in [6.45, 7) is 2.24. The minimum atomic E-state index is -3.24. The van der Waals surface area contributed by atoms with Crippen molar-refractivity contribution in [3.05, 3.63) is 40.0 Å². The third-order valence-electron chi connectivity index (χ3n) is 2.03. The first-order chi connectivity index (χ1) is 7.46. The summed E-state index contributed by atoms with van der Waals surface area (Å²) in [6, 6.07) is 7.43. The number of benzene rings is 1. The van der Waals surface area contributed by atoms with E-state index in [1.165, 1.54) is 10.6 Å². The van der Waals surface area contributed by atoms with Crippen LogP contribution in [0.15, 0.2) is 36.4 Å². The maximum atomic E-state index is 11.7. The lowest BCUT2D eigenvalue weighted by atomic mass is 10.3. The van der Waals surface area contributed by atoms with Crippen molar-refractivity contribution in [2.45, 2.75) is 6.92 Å². The van der Waals surface area contributed by atoms with E-state index in [4.69, 9.17) is 0 Å². The molecule has 0 amide bonds. The van der Waals surface area contributed by atoms with E-state index in [0.717, 1.165) is 9.26 Å². The Labute approximate surface area is 110 Å². The Morgan fingerprint density at radius 2 is 2.00 bits per heavy atom. The molecule has 3 nitrogen and oxygen atoms in total. The van der Waals surface area contributed by atoms with E-state index < -0.39 is 10.0 Å². The van der Waals surface area contributed by atoms with Crippen molar-refractivity contribution >= 4 is 38.3 Å². The van der Waals surface area contributed by atoms with E-state index >= 15 is 0 Å². The molecular formula is C11H14INO2S. The first-order valence-corrected chi connectivity index (χ1v) is 7.73. The summed E-state index contributed by atoms with van der Waals surface area (Å²) in [5.74, 6) is 0. The van der Waals surface area contributed by atoms with Gasteiger partial charge in [0.05, 0.1) is 18.5 Å². The van der Waals surface area contributed by atoms with Crippen molar-refractivity contribution < 1.29 is 8.42 Å². The molecule has 0 heterocycles. The van der Waals surface area contributed by atoms with E-state index in [1.54, 1.807) is 0 Å². The number of anilines is 1. The highest BCUT2D eigenvalue weighted by Crippen LogP contribution is 2.23. The zero-order valence-corrected chi connectivity index (χ0v) is 12.2. The molecule has 0 saturated carbocycles. The minimum Gasteiger partial charge on any atom is -0.266 e. The molecule has 0 aliphatic rings. The van der Waals surface area contributed by atoms with E-state index in [0.29, 0.717) is 6.54 Å². The molecule has 0 N–H and O–H groups in total. The van der Waals surface area contributed by atoms with Crippen molar-refractivity contribution in [1.82, 2.24) is 0 Å². The monoisotopic (exact) mass is 351 g/mol. The number of para-hydroxylation sites is 1. The summed E-state index contributed by atoms with van der Waals surface area (Å²) in [5, 5.41) is 0. The standard InChI is InChI=1S/C11H14INO2S/c1-3-4-9-13(16(2,14)15)11-8-6-5-7-10(11)12/h3-8H,9H2,1-2H3/b4-3+. The van der Waals surface area contributed by atoms with Gasteiger partial charge in [0.1, 0.15) is 0 Å². The summed E-state index contributed by atoms with van der Waals surface area (Å²) in [4.78, 5) is 0. The number of hydrogen-bond acceptors (Lipinski definition) is 2. The number of halogens is 1. The number of hydrogen-bond donors (Lipinski definition) is 0. The molecule has 5 heteroatoms. The SMILES string of the molecule is C/C=C/CN(c1ccccc1I)S(C)(=O)=O. The highest BCUT2D eigenvalue weighted by atomic mass is 127. The molecule has 0 aromatic heterocycles. The van der Waals surface area contributed by atoms with Gasteiger partial charge in [-0.05, 0) is 41.6 Å². The Kier molecular flexibility index (Phi) is 4.79. The van der Waals surface area contributed by atoms with E-state index in [1.807, 2.05) is 43.3 Å². The van der Waals surface area contributed by atoms with Crippen molar-refractivity contribution in [1.29, 1.82) is 0 Å². The molecule has 0 atom stereocenters. The highest BCUT2D eigenvalue weighted by molar-refractivity contribution is 14.1. The normalized spacial score (nSPS) is 11.9. The van der Waals surface area contributed by atoms with Crippen molar-refractivity contribution in [2.75, 3.05) is 17.1 Å². The van der Waals surface area contributed by atoms with Gasteiger partial charge in [-0.3, -0.25) is 4.31 Å². The fraction of sp³-hybridized carbons (Fsp3) is 0.273. The zero-order valence-electron chi connectivity index (χ0n) is 9.22. The molecular weight excluding hydrogens is 337 g/mol. The molecule has 0 aliphatic carbocycles. The molecule has 0 unspecified atom stereocenters. The minimum absolute atomic E-state index is 0.370. The van der Waals surface area contributed by atoms with E-state index in [2.05, 4.69) is 22.6 Å². The van der Waals surface area contributed by atoms with Gasteiger partial charge in [0.2, 0.25) is 10.0 Å². The average molecular weight is 351 g/mol. The van der Waals surface area contributed by atoms with Gasteiger partial charge in [-0.25, -0.2) is 8.42 Å². The third kappa shape index (κ3) is 3.48. The van der Waals surface area contributed by atoms with Crippen LogP contribution < -0.4 is 4.31 Å². The number of sulfonamides is 1. The van der Waals surface area contributed by atoms with Gasteiger partial charge < -0.3 is 0 Å². The van der Waals surface area contributed by atoms with E-state index in [-0.39, 0.29) is 0 Å². The zero-order chi connectivity index (χ0) is 12.2. The Morgan fingerprint density at radius 3 is 2.50 bits per heavy atom. The second-order valence-corrected chi connectivity index (χ2v) is 6.38.